The van der Waals surface area contributed by atoms with Gasteiger partial charge >= 0.3 is 0 Å². The van der Waals surface area contributed by atoms with Crippen molar-refractivity contribution in [3.63, 3.8) is 0 Å². The second-order valence-electron chi connectivity index (χ2n) is 5.90. The number of primary amides is 1. The Morgan fingerprint density at radius 2 is 1.81 bits per heavy atom. The smallest absolute Gasteiger partial charge is 0.257 e. The lowest BCUT2D eigenvalue weighted by Gasteiger charge is -2.15. The Labute approximate surface area is 163 Å². The van der Waals surface area contributed by atoms with Crippen LogP contribution >= 0.6 is 11.6 Å². The van der Waals surface area contributed by atoms with Gasteiger partial charge in [0.1, 0.15) is 11.5 Å². The summed E-state index contributed by atoms with van der Waals surface area (Å²) in [6, 6.07) is 14.3. The van der Waals surface area contributed by atoms with Crippen LogP contribution in [0.15, 0.2) is 48.5 Å². The van der Waals surface area contributed by atoms with Crippen LogP contribution in [-0.4, -0.2) is 31.6 Å². The van der Waals surface area contributed by atoms with Gasteiger partial charge in [0, 0.05) is 6.54 Å². The third-order valence-electron chi connectivity index (χ3n) is 3.86. The minimum absolute atomic E-state index is 0.132. The van der Waals surface area contributed by atoms with E-state index in [1.807, 2.05) is 31.2 Å². The summed E-state index contributed by atoms with van der Waals surface area (Å²) in [5.41, 5.74) is 6.40. The van der Waals surface area contributed by atoms with E-state index in [0.29, 0.717) is 23.8 Å². The fourth-order valence-electron chi connectivity index (χ4n) is 2.44. The molecule has 0 aromatic heterocycles. The molecule has 0 saturated heterocycles. The number of halogens is 1. The van der Waals surface area contributed by atoms with E-state index in [4.69, 9.17) is 26.8 Å². The van der Waals surface area contributed by atoms with Crippen LogP contribution in [-0.2, 0) is 16.0 Å². The summed E-state index contributed by atoms with van der Waals surface area (Å²) >= 11 is 5.97. The van der Waals surface area contributed by atoms with Crippen LogP contribution < -0.4 is 20.5 Å². The maximum absolute atomic E-state index is 12.0. The highest BCUT2D eigenvalue weighted by atomic mass is 35.5. The third kappa shape index (κ3) is 6.83. The van der Waals surface area contributed by atoms with Crippen molar-refractivity contribution in [3.05, 3.63) is 59.1 Å². The topological polar surface area (TPSA) is 90.7 Å². The van der Waals surface area contributed by atoms with Crippen LogP contribution in [0.4, 0.5) is 0 Å². The van der Waals surface area contributed by atoms with Crippen molar-refractivity contribution >= 4 is 23.4 Å². The third-order valence-corrected chi connectivity index (χ3v) is 4.17. The molecule has 6 nitrogen and oxygen atoms in total. The lowest BCUT2D eigenvalue weighted by molar-refractivity contribution is -0.124. The number of carbonyl (C=O) groups is 2. The maximum Gasteiger partial charge on any atom is 0.257 e. The number of hydrogen-bond donors (Lipinski definition) is 2. The summed E-state index contributed by atoms with van der Waals surface area (Å²) in [5.74, 6) is -0.159. The van der Waals surface area contributed by atoms with Crippen molar-refractivity contribution in [1.82, 2.24) is 5.32 Å². The van der Waals surface area contributed by atoms with Gasteiger partial charge in [-0.3, -0.25) is 9.59 Å². The number of para-hydroxylation sites is 1. The molecule has 7 heteroatoms. The number of nitrogens with one attached hydrogen (secondary N) is 1. The molecule has 0 saturated carbocycles. The standard InChI is InChI=1S/C20H23ClN2O4/c1-2-26-16-9-7-14(8-10-16)11-15(20(22)25)12-23-19(24)13-27-18-6-4-3-5-17(18)21/h3-10,15H,2,11-13H2,1H3,(H2,22,25)(H,23,24)/t15-/m1/s1. The Morgan fingerprint density at radius 3 is 2.44 bits per heavy atom. The minimum atomic E-state index is -0.521. The van der Waals surface area contributed by atoms with Crippen molar-refractivity contribution < 1.29 is 19.1 Å². The molecule has 0 unspecified atom stereocenters. The van der Waals surface area contributed by atoms with Gasteiger partial charge in [0.2, 0.25) is 5.91 Å². The van der Waals surface area contributed by atoms with E-state index in [1.54, 1.807) is 24.3 Å². The van der Waals surface area contributed by atoms with Crippen LogP contribution in [0.3, 0.4) is 0 Å². The molecular formula is C20H23ClN2O4. The van der Waals surface area contributed by atoms with Crippen LogP contribution in [0.25, 0.3) is 0 Å². The fraction of sp³-hybridized carbons (Fsp3) is 0.300. The Bertz CT molecular complexity index is 765. The van der Waals surface area contributed by atoms with E-state index >= 15 is 0 Å². The van der Waals surface area contributed by atoms with E-state index in [-0.39, 0.29) is 19.1 Å². The number of rotatable bonds is 10. The molecule has 3 N–H and O–H groups in total. The molecule has 2 aromatic rings. The van der Waals surface area contributed by atoms with Gasteiger partial charge < -0.3 is 20.5 Å². The predicted octanol–water partition coefficient (Wildman–Crippen LogP) is 2.58. The maximum atomic E-state index is 12.0. The van der Waals surface area contributed by atoms with Gasteiger partial charge in [0.05, 0.1) is 17.5 Å². The highest BCUT2D eigenvalue weighted by Gasteiger charge is 2.17. The first-order chi connectivity index (χ1) is 13.0. The zero-order valence-corrected chi connectivity index (χ0v) is 15.9. The fourth-order valence-corrected chi connectivity index (χ4v) is 2.63. The van der Waals surface area contributed by atoms with E-state index in [1.165, 1.54) is 0 Å². The molecule has 1 atom stereocenters. The van der Waals surface area contributed by atoms with Crippen LogP contribution in [0.5, 0.6) is 11.5 Å². The SMILES string of the molecule is CCOc1ccc(C[C@H](CNC(=O)COc2ccccc2Cl)C(N)=O)cc1. The molecule has 2 amide bonds. The zero-order chi connectivity index (χ0) is 19.6. The Kier molecular flexibility index (Phi) is 7.95. The van der Waals surface area contributed by atoms with Crippen LogP contribution in [0.1, 0.15) is 12.5 Å². The molecule has 0 fully saturated rings. The average Bonchev–Trinajstić information content (AvgIpc) is 2.65. The highest BCUT2D eigenvalue weighted by molar-refractivity contribution is 6.32. The molecule has 2 rings (SSSR count). The molecule has 0 heterocycles. The number of carbonyl (C=O) groups excluding carboxylic acids is 2. The summed E-state index contributed by atoms with van der Waals surface area (Å²) in [7, 11) is 0. The molecule has 0 aliphatic carbocycles. The van der Waals surface area contributed by atoms with Crippen molar-refractivity contribution in [1.29, 1.82) is 0 Å². The summed E-state index contributed by atoms with van der Waals surface area (Å²) in [6.07, 6.45) is 0.424. The lowest BCUT2D eigenvalue weighted by atomic mass is 9.98. The minimum Gasteiger partial charge on any atom is -0.494 e. The summed E-state index contributed by atoms with van der Waals surface area (Å²) < 4.78 is 10.8. The van der Waals surface area contributed by atoms with Gasteiger partial charge in [-0.2, -0.15) is 0 Å². The van der Waals surface area contributed by atoms with Gasteiger partial charge in [-0.1, -0.05) is 35.9 Å². The molecule has 0 aliphatic heterocycles. The first kappa shape index (κ1) is 20.6. The number of nitrogens with two attached hydrogens (primary N) is 1. The second kappa shape index (κ2) is 10.4. The molecule has 0 aliphatic rings. The summed E-state index contributed by atoms with van der Waals surface area (Å²) in [5, 5.41) is 3.10. The Morgan fingerprint density at radius 1 is 1.11 bits per heavy atom. The lowest BCUT2D eigenvalue weighted by Crippen LogP contribution is -2.39. The molecular weight excluding hydrogens is 368 g/mol. The van der Waals surface area contributed by atoms with Crippen molar-refractivity contribution in [2.75, 3.05) is 19.8 Å². The van der Waals surface area contributed by atoms with Gasteiger partial charge in [0.25, 0.3) is 5.91 Å². The Balaban J connectivity index is 1.83. The van der Waals surface area contributed by atoms with E-state index < -0.39 is 11.8 Å². The quantitative estimate of drug-likeness (QED) is 0.652. The van der Waals surface area contributed by atoms with Gasteiger partial charge in [-0.25, -0.2) is 0 Å². The highest BCUT2D eigenvalue weighted by Crippen LogP contribution is 2.22. The van der Waals surface area contributed by atoms with Crippen molar-refractivity contribution in [3.8, 4) is 11.5 Å². The van der Waals surface area contributed by atoms with Crippen LogP contribution in [0, 0.1) is 5.92 Å². The summed E-state index contributed by atoms with van der Waals surface area (Å²) in [6.45, 7) is 2.44. The molecule has 144 valence electrons. The van der Waals surface area contributed by atoms with Crippen molar-refractivity contribution in [2.45, 2.75) is 13.3 Å². The molecule has 0 radical (unpaired) electrons. The largest absolute Gasteiger partial charge is 0.494 e. The van der Waals surface area contributed by atoms with E-state index in [9.17, 15) is 9.59 Å². The normalized spacial score (nSPS) is 11.5. The van der Waals surface area contributed by atoms with Gasteiger partial charge in [0.15, 0.2) is 6.61 Å². The van der Waals surface area contributed by atoms with E-state index in [2.05, 4.69) is 5.32 Å². The second-order valence-corrected chi connectivity index (χ2v) is 6.31. The Hall–Kier alpha value is -2.73. The number of hydrogen-bond acceptors (Lipinski definition) is 4. The molecule has 2 aromatic carbocycles. The first-order valence-electron chi connectivity index (χ1n) is 8.64. The van der Waals surface area contributed by atoms with Gasteiger partial charge in [-0.05, 0) is 43.2 Å². The van der Waals surface area contributed by atoms with Crippen molar-refractivity contribution in [2.24, 2.45) is 11.7 Å². The number of amides is 2. The first-order valence-corrected chi connectivity index (χ1v) is 9.02. The molecule has 0 spiro atoms. The summed E-state index contributed by atoms with van der Waals surface area (Å²) in [4.78, 5) is 23.7. The predicted molar refractivity (Wildman–Crippen MR) is 104 cm³/mol. The van der Waals surface area contributed by atoms with E-state index in [0.717, 1.165) is 11.3 Å². The number of benzene rings is 2. The monoisotopic (exact) mass is 390 g/mol. The number of ether oxygens (including phenoxy) is 2. The van der Waals surface area contributed by atoms with Gasteiger partial charge in [-0.15, -0.1) is 0 Å². The zero-order valence-electron chi connectivity index (χ0n) is 15.1. The van der Waals surface area contributed by atoms with Crippen LogP contribution in [0.2, 0.25) is 5.02 Å². The average molecular weight is 391 g/mol. The molecule has 27 heavy (non-hydrogen) atoms. The molecule has 0 bridgehead atoms.